The molecular formula is C15H11NO3. The van der Waals surface area contributed by atoms with Crippen LogP contribution in [0.15, 0.2) is 50.2 Å². The Kier molecular flexibility index (Phi) is 2.76. The predicted octanol–water partition coefficient (Wildman–Crippen LogP) is 3.26. The van der Waals surface area contributed by atoms with E-state index < -0.39 is 0 Å². The molecule has 0 aliphatic heterocycles. The van der Waals surface area contributed by atoms with E-state index in [0.717, 1.165) is 5.56 Å². The number of benzene rings is 1. The molecule has 1 aromatic carbocycles. The van der Waals surface area contributed by atoms with Crippen molar-refractivity contribution in [3.05, 3.63) is 64.2 Å². The number of furan rings is 1. The molecule has 0 bridgehead atoms. The van der Waals surface area contributed by atoms with Crippen LogP contribution in [0.1, 0.15) is 17.2 Å². The topological polar surface area (TPSA) is 56.2 Å². The molecule has 0 saturated carbocycles. The van der Waals surface area contributed by atoms with Gasteiger partial charge in [0.25, 0.3) is 0 Å². The number of hydrogen-bond acceptors (Lipinski definition) is 4. The second-order valence-electron chi connectivity index (χ2n) is 4.21. The Hall–Kier alpha value is -2.62. The lowest BCUT2D eigenvalue weighted by Crippen LogP contribution is -2.03. The van der Waals surface area contributed by atoms with Crippen molar-refractivity contribution in [1.29, 1.82) is 0 Å². The molecule has 0 N–H and O–H groups in total. The van der Waals surface area contributed by atoms with Gasteiger partial charge in [-0.15, -0.1) is 0 Å². The molecule has 0 atom stereocenters. The molecule has 2 heterocycles. The number of aromatic nitrogens is 1. The SMILES string of the molecule is Cc1ccc2nc(C=Cc3ccco3)oc(=O)c2c1. The van der Waals surface area contributed by atoms with Gasteiger partial charge in [-0.05, 0) is 37.3 Å². The lowest BCUT2D eigenvalue weighted by atomic mass is 10.2. The van der Waals surface area contributed by atoms with E-state index in [-0.39, 0.29) is 11.5 Å². The zero-order chi connectivity index (χ0) is 13.2. The summed E-state index contributed by atoms with van der Waals surface area (Å²) in [5.74, 6) is 0.936. The first-order valence-electron chi connectivity index (χ1n) is 5.85. The molecule has 3 aromatic rings. The number of nitrogens with zero attached hydrogens (tertiary/aromatic N) is 1. The Morgan fingerprint density at radius 3 is 2.89 bits per heavy atom. The highest BCUT2D eigenvalue weighted by molar-refractivity contribution is 5.78. The minimum atomic E-state index is -0.382. The van der Waals surface area contributed by atoms with E-state index >= 15 is 0 Å². The molecule has 0 spiro atoms. The molecule has 3 rings (SSSR count). The summed E-state index contributed by atoms with van der Waals surface area (Å²) >= 11 is 0. The fourth-order valence-electron chi connectivity index (χ4n) is 1.81. The van der Waals surface area contributed by atoms with Crippen LogP contribution >= 0.6 is 0 Å². The van der Waals surface area contributed by atoms with Gasteiger partial charge in [-0.1, -0.05) is 11.6 Å². The van der Waals surface area contributed by atoms with Crippen molar-refractivity contribution in [1.82, 2.24) is 4.98 Å². The molecule has 19 heavy (non-hydrogen) atoms. The quantitative estimate of drug-likeness (QED) is 0.703. The minimum Gasteiger partial charge on any atom is -0.465 e. The predicted molar refractivity (Wildman–Crippen MR) is 72.7 cm³/mol. The van der Waals surface area contributed by atoms with Crippen molar-refractivity contribution < 1.29 is 8.83 Å². The Morgan fingerprint density at radius 2 is 2.11 bits per heavy atom. The molecule has 0 aliphatic rings. The largest absolute Gasteiger partial charge is 0.465 e. The first-order chi connectivity index (χ1) is 9.22. The van der Waals surface area contributed by atoms with Crippen molar-refractivity contribution in [2.75, 3.05) is 0 Å². The molecule has 0 amide bonds. The lowest BCUT2D eigenvalue weighted by Gasteiger charge is -1.98. The fraction of sp³-hybridized carbons (Fsp3) is 0.0667. The Labute approximate surface area is 109 Å². The van der Waals surface area contributed by atoms with Gasteiger partial charge >= 0.3 is 5.63 Å². The monoisotopic (exact) mass is 253 g/mol. The average molecular weight is 253 g/mol. The van der Waals surface area contributed by atoms with Crippen LogP contribution in [0, 0.1) is 6.92 Å². The van der Waals surface area contributed by atoms with Gasteiger partial charge in [-0.25, -0.2) is 9.78 Å². The third kappa shape index (κ3) is 2.33. The molecule has 2 aromatic heterocycles. The molecule has 4 heteroatoms. The van der Waals surface area contributed by atoms with Crippen LogP contribution in [0.3, 0.4) is 0 Å². The van der Waals surface area contributed by atoms with Gasteiger partial charge in [0.2, 0.25) is 5.89 Å². The van der Waals surface area contributed by atoms with Crippen molar-refractivity contribution in [3.63, 3.8) is 0 Å². The summed E-state index contributed by atoms with van der Waals surface area (Å²) in [6.45, 7) is 1.92. The van der Waals surface area contributed by atoms with Crippen molar-refractivity contribution in [2.24, 2.45) is 0 Å². The zero-order valence-corrected chi connectivity index (χ0v) is 10.3. The first-order valence-corrected chi connectivity index (χ1v) is 5.85. The van der Waals surface area contributed by atoms with E-state index in [1.807, 2.05) is 19.1 Å². The van der Waals surface area contributed by atoms with E-state index in [1.165, 1.54) is 0 Å². The van der Waals surface area contributed by atoms with Crippen molar-refractivity contribution in [2.45, 2.75) is 6.92 Å². The van der Waals surface area contributed by atoms with Crippen LogP contribution in [0.4, 0.5) is 0 Å². The normalized spacial score (nSPS) is 11.4. The van der Waals surface area contributed by atoms with Gasteiger partial charge < -0.3 is 8.83 Å². The van der Waals surface area contributed by atoms with Gasteiger partial charge in [0.05, 0.1) is 17.2 Å². The molecule has 0 radical (unpaired) electrons. The summed E-state index contributed by atoms with van der Waals surface area (Å²) in [5.41, 5.74) is 1.24. The highest BCUT2D eigenvalue weighted by Gasteiger charge is 2.04. The van der Waals surface area contributed by atoms with Gasteiger partial charge in [0, 0.05) is 6.08 Å². The number of hydrogen-bond donors (Lipinski definition) is 0. The Bertz CT molecular complexity index is 798. The highest BCUT2D eigenvalue weighted by atomic mass is 16.4. The lowest BCUT2D eigenvalue weighted by molar-refractivity contribution is 0.490. The van der Waals surface area contributed by atoms with Crippen LogP contribution in [0.25, 0.3) is 23.1 Å². The van der Waals surface area contributed by atoms with Crippen LogP contribution in [0.5, 0.6) is 0 Å². The summed E-state index contributed by atoms with van der Waals surface area (Å²) < 4.78 is 10.3. The van der Waals surface area contributed by atoms with Gasteiger partial charge in [-0.3, -0.25) is 0 Å². The molecule has 0 saturated heterocycles. The summed E-state index contributed by atoms with van der Waals surface area (Å²) in [7, 11) is 0. The maximum Gasteiger partial charge on any atom is 0.347 e. The summed E-state index contributed by atoms with van der Waals surface area (Å²) in [6.07, 6.45) is 4.89. The van der Waals surface area contributed by atoms with E-state index in [2.05, 4.69) is 4.98 Å². The van der Waals surface area contributed by atoms with Gasteiger partial charge in [0.1, 0.15) is 5.76 Å². The molecule has 4 nitrogen and oxygen atoms in total. The van der Waals surface area contributed by atoms with E-state index in [4.69, 9.17) is 8.83 Å². The minimum absolute atomic E-state index is 0.262. The summed E-state index contributed by atoms with van der Waals surface area (Å²) in [6, 6.07) is 9.08. The summed E-state index contributed by atoms with van der Waals surface area (Å²) in [4.78, 5) is 16.1. The van der Waals surface area contributed by atoms with E-state index in [1.54, 1.807) is 36.6 Å². The van der Waals surface area contributed by atoms with Crippen LogP contribution in [-0.2, 0) is 0 Å². The van der Waals surface area contributed by atoms with Crippen LogP contribution in [-0.4, -0.2) is 4.98 Å². The second kappa shape index (κ2) is 4.57. The van der Waals surface area contributed by atoms with E-state index in [9.17, 15) is 4.79 Å². The van der Waals surface area contributed by atoms with Gasteiger partial charge in [0.15, 0.2) is 0 Å². The van der Waals surface area contributed by atoms with E-state index in [0.29, 0.717) is 16.7 Å². The summed E-state index contributed by atoms with van der Waals surface area (Å²) in [5, 5.41) is 0.496. The molecule has 0 unspecified atom stereocenters. The third-order valence-corrected chi connectivity index (χ3v) is 2.73. The number of aryl methyl sites for hydroxylation is 1. The second-order valence-corrected chi connectivity index (χ2v) is 4.21. The highest BCUT2D eigenvalue weighted by Crippen LogP contribution is 2.12. The van der Waals surface area contributed by atoms with Crippen molar-refractivity contribution in [3.8, 4) is 0 Å². The third-order valence-electron chi connectivity index (χ3n) is 2.73. The zero-order valence-electron chi connectivity index (χ0n) is 10.3. The van der Waals surface area contributed by atoms with Crippen molar-refractivity contribution >= 4 is 23.1 Å². The standard InChI is InChI=1S/C15H11NO3/c1-10-4-6-13-12(9-10)15(17)19-14(16-13)7-5-11-3-2-8-18-11/h2-9H,1H3. The van der Waals surface area contributed by atoms with Gasteiger partial charge in [-0.2, -0.15) is 0 Å². The average Bonchev–Trinajstić information content (AvgIpc) is 2.90. The molecule has 0 fully saturated rings. The van der Waals surface area contributed by atoms with Crippen LogP contribution < -0.4 is 5.63 Å². The fourth-order valence-corrected chi connectivity index (χ4v) is 1.81. The molecule has 0 aliphatic carbocycles. The maximum absolute atomic E-state index is 11.8. The number of rotatable bonds is 2. The number of fused-ring (bicyclic) bond motifs is 1. The maximum atomic E-state index is 11.8. The first kappa shape index (κ1) is 11.5. The van der Waals surface area contributed by atoms with Crippen LogP contribution in [0.2, 0.25) is 0 Å². The molecular weight excluding hydrogens is 242 g/mol. The Balaban J connectivity index is 2.06. The smallest absolute Gasteiger partial charge is 0.347 e. The Morgan fingerprint density at radius 1 is 1.21 bits per heavy atom. The molecule has 94 valence electrons.